The van der Waals surface area contributed by atoms with E-state index in [1.165, 1.54) is 12.5 Å². The first-order valence-corrected chi connectivity index (χ1v) is 7.20. The van der Waals surface area contributed by atoms with Gasteiger partial charge in [-0.15, -0.1) is 0 Å². The molecule has 0 aromatic carbocycles. The number of thiocarbonyl (C=S) groups is 1. The molecule has 1 nitrogen and oxygen atoms in total. The minimum absolute atomic E-state index is 0.699. The van der Waals surface area contributed by atoms with Crippen LogP contribution >= 0.6 is 12.2 Å². The molecule has 3 heteroatoms. The minimum atomic E-state index is -1.41. The second-order valence-corrected chi connectivity index (χ2v) is 7.90. The van der Waals surface area contributed by atoms with Gasteiger partial charge in [-0.3, -0.25) is 0 Å². The molecule has 0 saturated heterocycles. The van der Waals surface area contributed by atoms with E-state index in [1.54, 1.807) is 0 Å². The zero-order chi connectivity index (χ0) is 8.20. The van der Waals surface area contributed by atoms with Crippen LogP contribution < -0.4 is 0 Å². The Morgan fingerprint density at radius 2 is 2.00 bits per heavy atom. The van der Waals surface area contributed by atoms with Crippen molar-refractivity contribution in [3.8, 4) is 0 Å². The summed E-state index contributed by atoms with van der Waals surface area (Å²) in [7, 11) is -1.41. The lowest BCUT2D eigenvalue weighted by Gasteiger charge is -2.22. The lowest BCUT2D eigenvalue weighted by atomic mass is 10.6. The SMILES string of the molecule is CCC[Si](C)(C)OC(C)=S. The lowest BCUT2D eigenvalue weighted by Crippen LogP contribution is -2.31. The lowest BCUT2D eigenvalue weighted by molar-refractivity contribution is 0.549. The minimum Gasteiger partial charge on any atom is -0.540 e. The molecule has 0 aliphatic heterocycles. The molecule has 0 rings (SSSR count). The van der Waals surface area contributed by atoms with Crippen LogP contribution in [0.5, 0.6) is 0 Å². The van der Waals surface area contributed by atoms with Gasteiger partial charge in [0.2, 0.25) is 8.32 Å². The summed E-state index contributed by atoms with van der Waals surface area (Å²) in [6.45, 7) is 8.43. The van der Waals surface area contributed by atoms with Gasteiger partial charge in [-0.2, -0.15) is 0 Å². The molecule has 0 amide bonds. The fraction of sp³-hybridized carbons (Fsp3) is 0.857. The Morgan fingerprint density at radius 3 is 2.30 bits per heavy atom. The number of hydrogen-bond donors (Lipinski definition) is 0. The third kappa shape index (κ3) is 4.94. The summed E-state index contributed by atoms with van der Waals surface area (Å²) in [6.07, 6.45) is 1.20. The molecular weight excluding hydrogens is 160 g/mol. The van der Waals surface area contributed by atoms with Crippen molar-refractivity contribution < 1.29 is 4.43 Å². The van der Waals surface area contributed by atoms with E-state index in [4.69, 9.17) is 16.6 Å². The fourth-order valence-electron chi connectivity index (χ4n) is 1.04. The van der Waals surface area contributed by atoms with Crippen molar-refractivity contribution in [3.63, 3.8) is 0 Å². The molecule has 0 aromatic heterocycles. The maximum absolute atomic E-state index is 5.55. The van der Waals surface area contributed by atoms with Gasteiger partial charge in [0.05, 0.1) is 0 Å². The van der Waals surface area contributed by atoms with Crippen molar-refractivity contribution in [3.05, 3.63) is 0 Å². The highest BCUT2D eigenvalue weighted by Crippen LogP contribution is 2.13. The van der Waals surface area contributed by atoms with E-state index in [-0.39, 0.29) is 0 Å². The summed E-state index contributed by atoms with van der Waals surface area (Å²) in [5.74, 6) is 0. The van der Waals surface area contributed by atoms with Crippen LogP contribution in [0.2, 0.25) is 19.1 Å². The second kappa shape index (κ2) is 4.08. The zero-order valence-electron chi connectivity index (χ0n) is 7.23. The van der Waals surface area contributed by atoms with E-state index in [1.807, 2.05) is 6.92 Å². The van der Waals surface area contributed by atoms with E-state index in [9.17, 15) is 0 Å². The zero-order valence-corrected chi connectivity index (χ0v) is 9.05. The van der Waals surface area contributed by atoms with E-state index >= 15 is 0 Å². The average Bonchev–Trinajstić information content (AvgIpc) is 1.59. The van der Waals surface area contributed by atoms with Gasteiger partial charge < -0.3 is 4.43 Å². The molecule has 0 N–H and O–H groups in total. The summed E-state index contributed by atoms with van der Waals surface area (Å²) in [5.41, 5.74) is 0. The van der Waals surface area contributed by atoms with Crippen molar-refractivity contribution >= 4 is 25.6 Å². The molecule has 0 fully saturated rings. The summed E-state index contributed by atoms with van der Waals surface area (Å²) in [6, 6.07) is 1.20. The van der Waals surface area contributed by atoms with E-state index < -0.39 is 8.32 Å². The van der Waals surface area contributed by atoms with Gasteiger partial charge in [0.25, 0.3) is 0 Å². The van der Waals surface area contributed by atoms with Crippen molar-refractivity contribution in [2.45, 2.75) is 39.4 Å². The van der Waals surface area contributed by atoms with Crippen LogP contribution in [0.15, 0.2) is 0 Å². The summed E-state index contributed by atoms with van der Waals surface area (Å²) in [5, 5.41) is 0.699. The van der Waals surface area contributed by atoms with Crippen LogP contribution in [0.4, 0.5) is 0 Å². The van der Waals surface area contributed by atoms with Crippen molar-refractivity contribution in [1.29, 1.82) is 0 Å². The van der Waals surface area contributed by atoms with Gasteiger partial charge in [0.1, 0.15) is 5.05 Å². The molecule has 0 aliphatic carbocycles. The van der Waals surface area contributed by atoms with Gasteiger partial charge in [-0.25, -0.2) is 0 Å². The molecular formula is C7H16OSSi. The molecule has 0 heterocycles. The fourth-order valence-corrected chi connectivity index (χ4v) is 3.80. The largest absolute Gasteiger partial charge is 0.540 e. The van der Waals surface area contributed by atoms with Crippen molar-refractivity contribution in [2.24, 2.45) is 0 Å². The van der Waals surface area contributed by atoms with Crippen molar-refractivity contribution in [1.82, 2.24) is 0 Å². The quantitative estimate of drug-likeness (QED) is 0.483. The monoisotopic (exact) mass is 176 g/mol. The standard InChI is InChI=1S/C7H16OSSi/c1-5-6-10(3,4)8-7(2)9/h5-6H2,1-4H3. The number of hydrogen-bond acceptors (Lipinski definition) is 2. The first-order chi connectivity index (χ1) is 4.48. The third-order valence-electron chi connectivity index (χ3n) is 1.27. The highest BCUT2D eigenvalue weighted by atomic mass is 32.1. The van der Waals surface area contributed by atoms with Crippen LogP contribution in [-0.2, 0) is 4.43 Å². The average molecular weight is 176 g/mol. The van der Waals surface area contributed by atoms with Crippen LogP contribution in [-0.4, -0.2) is 13.4 Å². The number of rotatable bonds is 3. The predicted octanol–water partition coefficient (Wildman–Crippen LogP) is 2.97. The van der Waals surface area contributed by atoms with Gasteiger partial charge in [-0.1, -0.05) is 13.3 Å². The molecule has 0 aromatic rings. The molecule has 10 heavy (non-hydrogen) atoms. The van der Waals surface area contributed by atoms with E-state index in [2.05, 4.69) is 20.0 Å². The molecule has 0 aliphatic rings. The van der Waals surface area contributed by atoms with E-state index in [0.29, 0.717) is 5.05 Å². The molecule has 0 bridgehead atoms. The van der Waals surface area contributed by atoms with Crippen LogP contribution in [0.3, 0.4) is 0 Å². The summed E-state index contributed by atoms with van der Waals surface area (Å²) in [4.78, 5) is 0. The van der Waals surface area contributed by atoms with Gasteiger partial charge in [0, 0.05) is 6.92 Å². The van der Waals surface area contributed by atoms with Gasteiger partial charge in [-0.05, 0) is 31.4 Å². The Bertz CT molecular complexity index is 123. The predicted molar refractivity (Wildman–Crippen MR) is 51.9 cm³/mol. The summed E-state index contributed by atoms with van der Waals surface area (Å²) >= 11 is 4.87. The van der Waals surface area contributed by atoms with Crippen LogP contribution in [0.25, 0.3) is 0 Å². The van der Waals surface area contributed by atoms with Crippen LogP contribution in [0.1, 0.15) is 20.3 Å². The molecule has 0 unspecified atom stereocenters. The maximum atomic E-state index is 5.55. The Morgan fingerprint density at radius 1 is 1.50 bits per heavy atom. The molecule has 60 valence electrons. The third-order valence-corrected chi connectivity index (χ3v) is 4.07. The Hall–Kier alpha value is 0.107. The maximum Gasteiger partial charge on any atom is 0.245 e. The van der Waals surface area contributed by atoms with Crippen LogP contribution in [0, 0.1) is 0 Å². The van der Waals surface area contributed by atoms with Crippen molar-refractivity contribution in [2.75, 3.05) is 0 Å². The first kappa shape index (κ1) is 10.1. The Balaban J connectivity index is 3.74. The Kier molecular flexibility index (Phi) is 4.13. The highest BCUT2D eigenvalue weighted by molar-refractivity contribution is 7.80. The highest BCUT2D eigenvalue weighted by Gasteiger charge is 2.22. The summed E-state index contributed by atoms with van der Waals surface area (Å²) < 4.78 is 5.55. The van der Waals surface area contributed by atoms with E-state index in [0.717, 1.165) is 0 Å². The molecule has 0 spiro atoms. The topological polar surface area (TPSA) is 9.23 Å². The molecule has 0 radical (unpaired) electrons. The van der Waals surface area contributed by atoms with Gasteiger partial charge in [0.15, 0.2) is 0 Å². The second-order valence-electron chi connectivity index (χ2n) is 3.10. The molecule has 0 saturated carbocycles. The smallest absolute Gasteiger partial charge is 0.245 e. The molecule has 0 atom stereocenters. The Labute approximate surface area is 69.9 Å². The van der Waals surface area contributed by atoms with Gasteiger partial charge >= 0.3 is 0 Å². The normalized spacial score (nSPS) is 11.2. The first-order valence-electron chi connectivity index (χ1n) is 3.67.